The van der Waals surface area contributed by atoms with Gasteiger partial charge in [0.15, 0.2) is 0 Å². The summed E-state index contributed by atoms with van der Waals surface area (Å²) in [6.07, 6.45) is 8.25. The van der Waals surface area contributed by atoms with Gasteiger partial charge in [0, 0.05) is 19.3 Å². The Morgan fingerprint density at radius 3 is 3.00 bits per heavy atom. The molecule has 20 heavy (non-hydrogen) atoms. The van der Waals surface area contributed by atoms with E-state index < -0.39 is 0 Å². The van der Waals surface area contributed by atoms with Crippen LogP contribution < -0.4 is 0 Å². The first kappa shape index (κ1) is 12.7. The number of carbonyl (C=O) groups excluding carboxylic acids is 1. The number of likely N-dealkylation sites (tertiary alicyclic amines) is 1. The van der Waals surface area contributed by atoms with Crippen LogP contribution in [0, 0.1) is 6.92 Å². The molecule has 1 aliphatic heterocycles. The zero-order valence-corrected chi connectivity index (χ0v) is 11.3. The van der Waals surface area contributed by atoms with Crippen LogP contribution in [0.15, 0.2) is 25.2 Å². The van der Waals surface area contributed by atoms with Gasteiger partial charge in [-0.05, 0) is 19.8 Å². The Morgan fingerprint density at radius 2 is 2.25 bits per heavy atom. The van der Waals surface area contributed by atoms with Gasteiger partial charge in [0.2, 0.25) is 0 Å². The average molecular weight is 272 g/mol. The third-order valence-electron chi connectivity index (χ3n) is 3.64. The highest BCUT2D eigenvalue weighted by Crippen LogP contribution is 2.22. The van der Waals surface area contributed by atoms with Gasteiger partial charge >= 0.3 is 0 Å². The fraction of sp³-hybridized carbons (Fsp3) is 0.462. The Balaban J connectivity index is 1.77. The summed E-state index contributed by atoms with van der Waals surface area (Å²) in [5.41, 5.74) is 1.29. The maximum Gasteiger partial charge on any atom is 0.257 e. The molecule has 1 atom stereocenters. The second-order valence-corrected chi connectivity index (χ2v) is 4.94. The number of aryl methyl sites for hydroxylation is 1. The van der Waals surface area contributed by atoms with Crippen LogP contribution in [-0.2, 0) is 0 Å². The molecule has 1 fully saturated rings. The summed E-state index contributed by atoms with van der Waals surface area (Å²) in [7, 11) is 0. The number of aromatic nitrogens is 5. The highest BCUT2D eigenvalue weighted by atomic mass is 16.2. The summed E-state index contributed by atoms with van der Waals surface area (Å²) >= 11 is 0. The van der Waals surface area contributed by atoms with Gasteiger partial charge < -0.3 is 4.90 Å². The van der Waals surface area contributed by atoms with Gasteiger partial charge in [-0.3, -0.25) is 4.79 Å². The largest absolute Gasteiger partial charge is 0.336 e. The standard InChI is InChI=1S/C13H16N6O/c1-10-12(5-14-7-16-10)13(20)18-4-2-3-11(6-18)19-9-15-8-17-19/h5,7-9,11H,2-4,6H2,1H3/t11-/m1/s1. The summed E-state index contributed by atoms with van der Waals surface area (Å²) in [6.45, 7) is 3.24. The molecule has 104 valence electrons. The molecule has 3 rings (SSSR count). The number of hydrogen-bond acceptors (Lipinski definition) is 5. The van der Waals surface area contributed by atoms with Gasteiger partial charge in [-0.1, -0.05) is 0 Å². The van der Waals surface area contributed by atoms with E-state index in [1.54, 1.807) is 12.5 Å². The van der Waals surface area contributed by atoms with Crippen molar-refractivity contribution in [2.75, 3.05) is 13.1 Å². The monoisotopic (exact) mass is 272 g/mol. The van der Waals surface area contributed by atoms with Crippen molar-refractivity contribution in [1.82, 2.24) is 29.6 Å². The first-order valence-corrected chi connectivity index (χ1v) is 6.65. The van der Waals surface area contributed by atoms with Crippen molar-refractivity contribution in [1.29, 1.82) is 0 Å². The summed E-state index contributed by atoms with van der Waals surface area (Å²) < 4.78 is 1.83. The number of nitrogens with zero attached hydrogens (tertiary/aromatic N) is 6. The number of amides is 1. The lowest BCUT2D eigenvalue weighted by molar-refractivity contribution is 0.0671. The Kier molecular flexibility index (Phi) is 3.41. The molecule has 1 aliphatic rings. The van der Waals surface area contributed by atoms with E-state index in [9.17, 15) is 4.79 Å². The highest BCUT2D eigenvalue weighted by molar-refractivity contribution is 5.94. The van der Waals surface area contributed by atoms with E-state index in [-0.39, 0.29) is 11.9 Å². The normalized spacial score (nSPS) is 19.1. The van der Waals surface area contributed by atoms with E-state index in [0.717, 1.165) is 19.4 Å². The van der Waals surface area contributed by atoms with Gasteiger partial charge in [-0.25, -0.2) is 19.6 Å². The van der Waals surface area contributed by atoms with Crippen LogP contribution in [0.3, 0.4) is 0 Å². The maximum absolute atomic E-state index is 12.5. The van der Waals surface area contributed by atoms with E-state index in [0.29, 0.717) is 17.8 Å². The molecule has 0 spiro atoms. The van der Waals surface area contributed by atoms with Gasteiger partial charge in [0.25, 0.3) is 5.91 Å². The molecule has 0 radical (unpaired) electrons. The van der Waals surface area contributed by atoms with E-state index >= 15 is 0 Å². The van der Waals surface area contributed by atoms with Crippen molar-refractivity contribution < 1.29 is 4.79 Å². The third-order valence-corrected chi connectivity index (χ3v) is 3.64. The van der Waals surface area contributed by atoms with Crippen LogP contribution in [-0.4, -0.2) is 48.6 Å². The molecule has 3 heterocycles. The van der Waals surface area contributed by atoms with Crippen LogP contribution >= 0.6 is 0 Å². The molecule has 2 aromatic heterocycles. The lowest BCUT2D eigenvalue weighted by Crippen LogP contribution is -2.41. The van der Waals surface area contributed by atoms with E-state index in [4.69, 9.17) is 0 Å². The molecule has 7 heteroatoms. The summed E-state index contributed by atoms with van der Waals surface area (Å²) in [5.74, 6) is -0.00656. The molecular weight excluding hydrogens is 256 g/mol. The molecule has 0 N–H and O–H groups in total. The predicted octanol–water partition coefficient (Wildman–Crippen LogP) is 0.854. The SMILES string of the molecule is Cc1ncncc1C(=O)N1CCC[C@@H](n2cncn2)C1. The molecule has 2 aromatic rings. The highest BCUT2D eigenvalue weighted by Gasteiger charge is 2.26. The minimum Gasteiger partial charge on any atom is -0.336 e. The quantitative estimate of drug-likeness (QED) is 0.810. The lowest BCUT2D eigenvalue weighted by Gasteiger charge is -2.32. The van der Waals surface area contributed by atoms with E-state index in [2.05, 4.69) is 20.1 Å². The Bertz CT molecular complexity index is 597. The second-order valence-electron chi connectivity index (χ2n) is 4.94. The molecule has 0 bridgehead atoms. The van der Waals surface area contributed by atoms with Gasteiger partial charge in [0.1, 0.15) is 19.0 Å². The molecule has 0 saturated carbocycles. The molecule has 1 saturated heterocycles. The topological polar surface area (TPSA) is 76.8 Å². The molecule has 0 aliphatic carbocycles. The first-order valence-electron chi connectivity index (χ1n) is 6.65. The fourth-order valence-corrected chi connectivity index (χ4v) is 2.53. The van der Waals surface area contributed by atoms with Crippen molar-refractivity contribution in [2.24, 2.45) is 0 Å². The molecule has 7 nitrogen and oxygen atoms in total. The molecular formula is C13H16N6O. The molecule has 1 amide bonds. The Morgan fingerprint density at radius 1 is 1.35 bits per heavy atom. The zero-order chi connectivity index (χ0) is 13.9. The van der Waals surface area contributed by atoms with Crippen LogP contribution in [0.5, 0.6) is 0 Å². The zero-order valence-electron chi connectivity index (χ0n) is 11.3. The Labute approximate surface area is 116 Å². The van der Waals surface area contributed by atoms with Crippen LogP contribution in [0.2, 0.25) is 0 Å². The minimum atomic E-state index is -0.00656. The molecule has 0 unspecified atom stereocenters. The van der Waals surface area contributed by atoms with Crippen molar-refractivity contribution in [3.8, 4) is 0 Å². The number of piperidine rings is 1. The van der Waals surface area contributed by atoms with E-state index in [1.807, 2.05) is 16.5 Å². The lowest BCUT2D eigenvalue weighted by atomic mass is 10.0. The van der Waals surface area contributed by atoms with Crippen LogP contribution in [0.1, 0.15) is 34.9 Å². The Hall–Kier alpha value is -2.31. The summed E-state index contributed by atoms with van der Waals surface area (Å²) in [4.78, 5) is 26.4. The summed E-state index contributed by atoms with van der Waals surface area (Å²) in [6, 6.07) is 0.195. The predicted molar refractivity (Wildman–Crippen MR) is 71.0 cm³/mol. The van der Waals surface area contributed by atoms with Crippen LogP contribution in [0.25, 0.3) is 0 Å². The van der Waals surface area contributed by atoms with Gasteiger partial charge in [-0.15, -0.1) is 0 Å². The number of carbonyl (C=O) groups is 1. The van der Waals surface area contributed by atoms with E-state index in [1.165, 1.54) is 12.7 Å². The third kappa shape index (κ3) is 2.38. The summed E-state index contributed by atoms with van der Waals surface area (Å²) in [5, 5.41) is 4.17. The van der Waals surface area contributed by atoms with Crippen LogP contribution in [0.4, 0.5) is 0 Å². The van der Waals surface area contributed by atoms with Crippen molar-refractivity contribution in [3.05, 3.63) is 36.4 Å². The maximum atomic E-state index is 12.5. The fourth-order valence-electron chi connectivity index (χ4n) is 2.53. The minimum absolute atomic E-state index is 0.00656. The second kappa shape index (κ2) is 5.36. The first-order chi connectivity index (χ1) is 9.75. The van der Waals surface area contributed by atoms with Crippen molar-refractivity contribution in [2.45, 2.75) is 25.8 Å². The van der Waals surface area contributed by atoms with Crippen molar-refractivity contribution in [3.63, 3.8) is 0 Å². The number of hydrogen-bond donors (Lipinski definition) is 0. The van der Waals surface area contributed by atoms with Gasteiger partial charge in [0.05, 0.1) is 17.3 Å². The molecule has 0 aromatic carbocycles. The number of rotatable bonds is 2. The average Bonchev–Trinajstić information content (AvgIpc) is 3.01. The van der Waals surface area contributed by atoms with Gasteiger partial charge in [-0.2, -0.15) is 5.10 Å². The van der Waals surface area contributed by atoms with Crippen molar-refractivity contribution >= 4 is 5.91 Å². The smallest absolute Gasteiger partial charge is 0.257 e.